The Hall–Kier alpha value is -4.28. The Morgan fingerprint density at radius 3 is 2.09 bits per heavy atom. The average Bonchev–Trinajstić information content (AvgIpc) is 3.33. The Morgan fingerprint density at radius 2 is 1.46 bits per heavy atom. The van der Waals surface area contributed by atoms with Crippen LogP contribution >= 0.6 is 0 Å². The first-order valence-electron chi connectivity index (χ1n) is 10.1. The maximum Gasteiger partial charge on any atom is 0.469 e. The van der Waals surface area contributed by atoms with Crippen LogP contribution in [0, 0.1) is 11.6 Å². The van der Waals surface area contributed by atoms with E-state index in [9.17, 15) is 31.1 Å². The van der Waals surface area contributed by atoms with Gasteiger partial charge in [-0.15, -0.1) is 0 Å². The van der Waals surface area contributed by atoms with E-state index in [0.717, 1.165) is 16.8 Å². The number of carbonyl (C=O) groups excluding carboxylic acids is 1. The number of fused-ring (bicyclic) bond motifs is 1. The molecule has 0 saturated carbocycles. The molecule has 1 aliphatic heterocycles. The van der Waals surface area contributed by atoms with Gasteiger partial charge in [-0.1, -0.05) is 12.1 Å². The van der Waals surface area contributed by atoms with Gasteiger partial charge in [0, 0.05) is 23.0 Å². The molecule has 4 aromatic rings. The predicted octanol–water partition coefficient (Wildman–Crippen LogP) is 6.65. The zero-order chi connectivity index (χ0) is 25.0. The second-order valence-corrected chi connectivity index (χ2v) is 7.68. The topological polar surface area (TPSA) is 56.1 Å². The number of carbonyl (C=O) groups is 1. The van der Waals surface area contributed by atoms with Crippen molar-refractivity contribution in [2.24, 2.45) is 0 Å². The Kier molecular flexibility index (Phi) is 5.08. The van der Waals surface area contributed by atoms with Crippen LogP contribution in [0.5, 0.6) is 5.75 Å². The molecule has 11 heteroatoms. The van der Waals surface area contributed by atoms with Crippen LogP contribution in [-0.4, -0.2) is 21.9 Å². The van der Waals surface area contributed by atoms with Crippen molar-refractivity contribution in [1.82, 2.24) is 9.78 Å². The molecule has 3 aromatic carbocycles. The van der Waals surface area contributed by atoms with Gasteiger partial charge in [-0.3, -0.25) is 0 Å². The van der Waals surface area contributed by atoms with Gasteiger partial charge in [0.1, 0.15) is 23.1 Å². The van der Waals surface area contributed by atoms with E-state index in [1.165, 1.54) is 54.7 Å². The highest BCUT2D eigenvalue weighted by molar-refractivity contribution is 5.93. The molecule has 0 aliphatic carbocycles. The first kappa shape index (κ1) is 22.5. The minimum atomic E-state index is -4.71. The largest absolute Gasteiger partial charge is 0.469 e. The highest BCUT2D eigenvalue weighted by Gasteiger charge is 2.66. The summed E-state index contributed by atoms with van der Waals surface area (Å²) < 4.78 is 86.6. The molecule has 0 unspecified atom stereocenters. The van der Waals surface area contributed by atoms with Crippen molar-refractivity contribution >= 4 is 11.7 Å². The van der Waals surface area contributed by atoms with Crippen LogP contribution in [-0.2, 0) is 5.92 Å². The molecular formula is C24H13F6N3O2. The number of anilines is 1. The van der Waals surface area contributed by atoms with Crippen LogP contribution in [0.1, 0.15) is 5.56 Å². The molecule has 178 valence electrons. The fourth-order valence-corrected chi connectivity index (χ4v) is 3.62. The lowest BCUT2D eigenvalue weighted by Gasteiger charge is -2.16. The monoisotopic (exact) mass is 489 g/mol. The van der Waals surface area contributed by atoms with Gasteiger partial charge in [0.25, 0.3) is 0 Å². The number of ether oxygens (including phenoxy) is 1. The molecule has 0 saturated heterocycles. The summed E-state index contributed by atoms with van der Waals surface area (Å²) in [6.45, 7) is 0. The molecule has 1 N–H and O–H groups in total. The van der Waals surface area contributed by atoms with Gasteiger partial charge in [-0.2, -0.15) is 27.3 Å². The van der Waals surface area contributed by atoms with Crippen molar-refractivity contribution in [3.63, 3.8) is 0 Å². The van der Waals surface area contributed by atoms with Crippen LogP contribution in [0.25, 0.3) is 22.4 Å². The molecule has 1 aliphatic rings. The van der Waals surface area contributed by atoms with Crippen molar-refractivity contribution < 1.29 is 35.9 Å². The highest BCUT2D eigenvalue weighted by Crippen LogP contribution is 2.53. The molecule has 35 heavy (non-hydrogen) atoms. The van der Waals surface area contributed by atoms with E-state index in [1.807, 2.05) is 0 Å². The summed E-state index contributed by atoms with van der Waals surface area (Å²) in [7, 11) is 0. The lowest BCUT2D eigenvalue weighted by Crippen LogP contribution is -2.37. The Balaban J connectivity index is 1.50. The number of hydrogen-bond acceptors (Lipinski definition) is 3. The Labute approximate surface area is 193 Å². The van der Waals surface area contributed by atoms with Gasteiger partial charge in [0.2, 0.25) is 0 Å². The van der Waals surface area contributed by atoms with Crippen LogP contribution < -0.4 is 10.1 Å². The molecule has 0 atom stereocenters. The standard InChI is InChI=1S/C24H13F6N3O2/c25-15-5-1-13(2-6-15)18-12-33(32-21(18)14-3-7-16(26)8-4-14)22(34)31-17-9-10-20-19(11-17)23(27,28)24(29,30)35-20/h1-12H,(H,31,34). The van der Waals surface area contributed by atoms with Crippen molar-refractivity contribution in [3.8, 4) is 28.1 Å². The van der Waals surface area contributed by atoms with Crippen molar-refractivity contribution in [2.75, 3.05) is 5.32 Å². The molecule has 5 nitrogen and oxygen atoms in total. The van der Waals surface area contributed by atoms with E-state index in [0.29, 0.717) is 22.8 Å². The lowest BCUT2D eigenvalue weighted by molar-refractivity contribution is -0.296. The molecule has 0 bridgehead atoms. The summed E-state index contributed by atoms with van der Waals surface area (Å²) in [6.07, 6.45) is -3.39. The second kappa shape index (κ2) is 7.90. The van der Waals surface area contributed by atoms with Crippen LogP contribution in [0.3, 0.4) is 0 Å². The van der Waals surface area contributed by atoms with E-state index in [4.69, 9.17) is 0 Å². The molecule has 1 aromatic heterocycles. The quantitative estimate of drug-likeness (QED) is 0.328. The van der Waals surface area contributed by atoms with E-state index >= 15 is 0 Å². The van der Waals surface area contributed by atoms with Crippen LogP contribution in [0.4, 0.5) is 36.8 Å². The fraction of sp³-hybridized carbons (Fsp3) is 0.0833. The smallest absolute Gasteiger partial charge is 0.427 e. The molecule has 2 heterocycles. The van der Waals surface area contributed by atoms with Gasteiger partial charge in [0.15, 0.2) is 0 Å². The SMILES string of the molecule is O=C(Nc1ccc2c(c1)C(F)(F)C(F)(F)O2)n1cc(-c2ccc(F)cc2)c(-c2ccc(F)cc2)n1. The summed E-state index contributed by atoms with van der Waals surface area (Å²) in [5, 5.41) is 6.55. The lowest BCUT2D eigenvalue weighted by atomic mass is 10.0. The summed E-state index contributed by atoms with van der Waals surface area (Å²) >= 11 is 0. The number of alkyl halides is 4. The van der Waals surface area contributed by atoms with E-state index in [2.05, 4.69) is 15.2 Å². The maximum absolute atomic E-state index is 14.0. The molecule has 5 rings (SSSR count). The molecule has 0 fully saturated rings. The van der Waals surface area contributed by atoms with Crippen LogP contribution in [0.15, 0.2) is 72.9 Å². The zero-order valence-corrected chi connectivity index (χ0v) is 17.4. The number of aromatic nitrogens is 2. The predicted molar refractivity (Wildman–Crippen MR) is 113 cm³/mol. The summed E-state index contributed by atoms with van der Waals surface area (Å²) in [5.74, 6) is -6.25. The molecular weight excluding hydrogens is 476 g/mol. The maximum atomic E-state index is 14.0. The number of amides is 1. The van der Waals surface area contributed by atoms with Crippen molar-refractivity contribution in [3.05, 3.63) is 90.1 Å². The Bertz CT molecular complexity index is 1370. The number of nitrogens with one attached hydrogen (secondary N) is 1. The van der Waals surface area contributed by atoms with E-state index in [1.54, 1.807) is 0 Å². The van der Waals surface area contributed by atoms with E-state index < -0.39 is 41.0 Å². The first-order chi connectivity index (χ1) is 16.5. The number of rotatable bonds is 3. The summed E-state index contributed by atoms with van der Waals surface area (Å²) in [6, 6.07) is 12.5. The van der Waals surface area contributed by atoms with Gasteiger partial charge >= 0.3 is 18.1 Å². The zero-order valence-electron chi connectivity index (χ0n) is 17.4. The fourth-order valence-electron chi connectivity index (χ4n) is 3.62. The van der Waals surface area contributed by atoms with Crippen molar-refractivity contribution in [2.45, 2.75) is 12.0 Å². The Morgan fingerprint density at radius 1 is 0.857 bits per heavy atom. The van der Waals surface area contributed by atoms with Gasteiger partial charge in [-0.25, -0.2) is 13.6 Å². The van der Waals surface area contributed by atoms with Crippen LogP contribution in [0.2, 0.25) is 0 Å². The number of benzene rings is 3. The molecule has 0 spiro atoms. The first-order valence-corrected chi connectivity index (χ1v) is 10.1. The minimum Gasteiger partial charge on any atom is -0.427 e. The number of halogens is 6. The van der Waals surface area contributed by atoms with Gasteiger partial charge in [0.05, 0.1) is 5.56 Å². The number of hydrogen-bond donors (Lipinski definition) is 1. The minimum absolute atomic E-state index is 0.197. The highest BCUT2D eigenvalue weighted by atomic mass is 19.3. The van der Waals surface area contributed by atoms with Crippen molar-refractivity contribution in [1.29, 1.82) is 0 Å². The molecule has 0 radical (unpaired) electrons. The summed E-state index contributed by atoms with van der Waals surface area (Å²) in [5.41, 5.74) is 0.354. The molecule has 1 amide bonds. The number of nitrogens with zero attached hydrogens (tertiary/aromatic N) is 2. The third kappa shape index (κ3) is 3.88. The van der Waals surface area contributed by atoms with E-state index in [-0.39, 0.29) is 11.4 Å². The average molecular weight is 489 g/mol. The normalized spacial score (nSPS) is 15.4. The van der Waals surface area contributed by atoms with Gasteiger partial charge in [-0.05, 0) is 60.2 Å². The second-order valence-electron chi connectivity index (χ2n) is 7.68. The third-order valence-corrected chi connectivity index (χ3v) is 5.37. The third-order valence-electron chi connectivity index (χ3n) is 5.37. The van der Waals surface area contributed by atoms with Gasteiger partial charge < -0.3 is 10.1 Å². The summed E-state index contributed by atoms with van der Waals surface area (Å²) in [4.78, 5) is 12.8.